The number of aryl methyl sites for hydroxylation is 4. The van der Waals surface area contributed by atoms with Crippen molar-refractivity contribution in [3.63, 3.8) is 0 Å². The molecule has 3 aromatic heterocycles. The van der Waals surface area contributed by atoms with Crippen LogP contribution < -0.4 is 5.32 Å². The summed E-state index contributed by atoms with van der Waals surface area (Å²) in [6, 6.07) is 16.5. The highest BCUT2D eigenvalue weighted by Crippen LogP contribution is 2.36. The Kier molecular flexibility index (Phi) is 6.52. The minimum Gasteiger partial charge on any atom is -0.326 e. The first-order chi connectivity index (χ1) is 17.9. The Morgan fingerprint density at radius 3 is 2.41 bits per heavy atom. The molecule has 0 bridgehead atoms. The third-order valence-electron chi connectivity index (χ3n) is 6.58. The minimum atomic E-state index is -0.448. The van der Waals surface area contributed by atoms with Crippen molar-refractivity contribution in [2.45, 2.75) is 46.7 Å². The summed E-state index contributed by atoms with van der Waals surface area (Å²) in [4.78, 5) is 26.8. The highest BCUT2D eigenvalue weighted by Gasteiger charge is 2.28. The lowest BCUT2D eigenvalue weighted by Crippen LogP contribution is -2.16. The van der Waals surface area contributed by atoms with Crippen molar-refractivity contribution in [1.82, 2.24) is 29.3 Å². The smallest absolute Gasteiger partial charge is 0.259 e. The van der Waals surface area contributed by atoms with Gasteiger partial charge in [0.25, 0.3) is 5.91 Å². The molecule has 37 heavy (non-hydrogen) atoms. The van der Waals surface area contributed by atoms with Crippen LogP contribution in [0.1, 0.15) is 58.3 Å². The van der Waals surface area contributed by atoms with Gasteiger partial charge in [0.05, 0.1) is 22.7 Å². The summed E-state index contributed by atoms with van der Waals surface area (Å²) in [5.74, 6) is -0.194. The molecule has 0 aliphatic rings. The molecule has 0 saturated carbocycles. The first-order valence-electron chi connectivity index (χ1n) is 12.3. The number of nitrogens with one attached hydrogen (secondary N) is 1. The monoisotopic (exact) mass is 497 g/mol. The maximum absolute atomic E-state index is 15.2. The number of aromatic nitrogens is 6. The van der Waals surface area contributed by atoms with Crippen molar-refractivity contribution >= 4 is 23.0 Å². The van der Waals surface area contributed by atoms with Gasteiger partial charge < -0.3 is 4.57 Å². The van der Waals surface area contributed by atoms with Gasteiger partial charge in [-0.25, -0.2) is 19.3 Å². The number of benzene rings is 2. The van der Waals surface area contributed by atoms with Crippen molar-refractivity contribution in [3.05, 3.63) is 101 Å². The molecule has 0 radical (unpaired) electrons. The first-order valence-corrected chi connectivity index (χ1v) is 12.3. The highest BCUT2D eigenvalue weighted by atomic mass is 19.1. The van der Waals surface area contributed by atoms with Crippen LogP contribution in [0.15, 0.2) is 60.9 Å². The van der Waals surface area contributed by atoms with Crippen LogP contribution in [-0.4, -0.2) is 35.2 Å². The van der Waals surface area contributed by atoms with Gasteiger partial charge in [0.15, 0.2) is 5.65 Å². The van der Waals surface area contributed by atoms with Crippen molar-refractivity contribution in [2.24, 2.45) is 0 Å². The number of hydrogen-bond donors (Lipinski definition) is 1. The summed E-state index contributed by atoms with van der Waals surface area (Å²) in [5, 5.41) is 6.98. The topological polar surface area (TPSA) is 90.5 Å². The van der Waals surface area contributed by atoms with Crippen LogP contribution in [0.3, 0.4) is 0 Å². The van der Waals surface area contributed by atoms with E-state index in [-0.39, 0.29) is 17.7 Å². The van der Waals surface area contributed by atoms with Gasteiger partial charge in [0.2, 0.25) is 5.95 Å². The molecule has 2 aromatic carbocycles. The average Bonchev–Trinajstić information content (AvgIpc) is 3.49. The van der Waals surface area contributed by atoms with Crippen LogP contribution >= 0.6 is 0 Å². The van der Waals surface area contributed by atoms with E-state index in [0.717, 1.165) is 11.1 Å². The zero-order valence-corrected chi connectivity index (χ0v) is 21.2. The van der Waals surface area contributed by atoms with E-state index in [2.05, 4.69) is 20.4 Å². The van der Waals surface area contributed by atoms with E-state index in [4.69, 9.17) is 4.98 Å². The van der Waals surface area contributed by atoms with Crippen LogP contribution in [0.25, 0.3) is 11.2 Å². The molecule has 0 fully saturated rings. The molecule has 1 unspecified atom stereocenters. The van der Waals surface area contributed by atoms with Crippen LogP contribution in [-0.2, 0) is 13.1 Å². The van der Waals surface area contributed by atoms with Crippen molar-refractivity contribution in [3.8, 4) is 0 Å². The molecule has 0 aliphatic heterocycles. The fourth-order valence-electron chi connectivity index (χ4n) is 4.68. The predicted octanol–water partition coefficient (Wildman–Crippen LogP) is 5.25. The molecular formula is C28H28FN7O. The van der Waals surface area contributed by atoms with Gasteiger partial charge in [-0.3, -0.25) is 14.8 Å². The summed E-state index contributed by atoms with van der Waals surface area (Å²) in [6.45, 7) is 8.95. The molecule has 3 heterocycles. The number of nitrogens with zero attached hydrogens (tertiary/aromatic N) is 6. The van der Waals surface area contributed by atoms with Crippen molar-refractivity contribution in [1.29, 1.82) is 0 Å². The average molecular weight is 498 g/mol. The van der Waals surface area contributed by atoms with Gasteiger partial charge in [-0.2, -0.15) is 0 Å². The molecule has 9 heteroatoms. The largest absolute Gasteiger partial charge is 0.326 e. The number of pyridine rings is 1. The lowest BCUT2D eigenvalue weighted by Gasteiger charge is -2.21. The Morgan fingerprint density at radius 1 is 1.00 bits per heavy atom. The van der Waals surface area contributed by atoms with Gasteiger partial charge in [0, 0.05) is 18.7 Å². The Labute approximate surface area is 214 Å². The predicted molar refractivity (Wildman–Crippen MR) is 140 cm³/mol. The summed E-state index contributed by atoms with van der Waals surface area (Å²) in [6.07, 6.45) is 1.57. The molecular weight excluding hydrogens is 469 g/mol. The number of carbonyl (C=O) groups is 1. The van der Waals surface area contributed by atoms with Crippen molar-refractivity contribution in [2.75, 3.05) is 5.32 Å². The lowest BCUT2D eigenvalue weighted by molar-refractivity contribution is 0.102. The minimum absolute atomic E-state index is 0.232. The second kappa shape index (κ2) is 9.93. The van der Waals surface area contributed by atoms with Crippen molar-refractivity contribution < 1.29 is 9.18 Å². The standard InChI is InChI=1S/C28H28FN7O/c1-5-35-16-30-28(34-35)33-27(37)21-15-23-25(31-18(21)4)32-26(36(23)6-2)24(19-12-8-7-11-17(19)3)20-13-9-10-14-22(20)29/h7-16,24H,5-6H2,1-4H3,(H,33,34,37). The number of rotatable bonds is 7. The fraction of sp³-hybridized carbons (Fsp3) is 0.250. The van der Waals surface area contributed by atoms with Gasteiger partial charge in [0.1, 0.15) is 18.0 Å². The maximum atomic E-state index is 15.2. The molecule has 0 saturated heterocycles. The van der Waals surface area contributed by atoms with E-state index in [9.17, 15) is 4.79 Å². The van der Waals surface area contributed by atoms with Crippen LogP contribution in [0.5, 0.6) is 0 Å². The number of fused-ring (bicyclic) bond motifs is 1. The number of halogens is 1. The number of hydrogen-bond acceptors (Lipinski definition) is 5. The van der Waals surface area contributed by atoms with E-state index in [1.165, 1.54) is 6.07 Å². The van der Waals surface area contributed by atoms with E-state index < -0.39 is 5.92 Å². The van der Waals surface area contributed by atoms with Gasteiger partial charge in [-0.1, -0.05) is 42.5 Å². The van der Waals surface area contributed by atoms with Crippen LogP contribution in [0.2, 0.25) is 0 Å². The second-order valence-corrected chi connectivity index (χ2v) is 8.87. The molecule has 0 aliphatic carbocycles. The van der Waals surface area contributed by atoms with E-state index in [1.54, 1.807) is 36.1 Å². The third-order valence-corrected chi connectivity index (χ3v) is 6.58. The third kappa shape index (κ3) is 4.48. The Hall–Kier alpha value is -4.40. The molecule has 5 aromatic rings. The first kappa shape index (κ1) is 24.3. The number of anilines is 1. The lowest BCUT2D eigenvalue weighted by atomic mass is 9.87. The number of imidazole rings is 1. The Balaban J connectivity index is 1.65. The number of amides is 1. The molecule has 1 atom stereocenters. The Bertz CT molecular complexity index is 1560. The summed E-state index contributed by atoms with van der Waals surface area (Å²) >= 11 is 0. The summed E-state index contributed by atoms with van der Waals surface area (Å²) < 4.78 is 18.8. The van der Waals surface area contributed by atoms with Crippen LogP contribution in [0.4, 0.5) is 10.3 Å². The molecule has 8 nitrogen and oxygen atoms in total. The van der Waals surface area contributed by atoms with Gasteiger partial charge in [-0.05, 0) is 51.0 Å². The highest BCUT2D eigenvalue weighted by molar-refractivity contribution is 6.05. The molecule has 1 amide bonds. The summed E-state index contributed by atoms with van der Waals surface area (Å²) in [7, 11) is 0. The SMILES string of the molecule is CCn1cnc(NC(=O)c2cc3c(nc2C)nc(C(c2ccccc2C)c2ccccc2F)n3CC)n1. The summed E-state index contributed by atoms with van der Waals surface area (Å²) in [5.41, 5.74) is 4.68. The number of carbonyl (C=O) groups excluding carboxylic acids is 1. The molecule has 188 valence electrons. The van der Waals surface area contributed by atoms with Gasteiger partial charge in [-0.15, -0.1) is 5.10 Å². The molecule has 1 N–H and O–H groups in total. The zero-order chi connectivity index (χ0) is 26.1. The van der Waals surface area contributed by atoms with Crippen LogP contribution in [0, 0.1) is 19.7 Å². The van der Waals surface area contributed by atoms with E-state index in [0.29, 0.717) is 46.9 Å². The molecule has 5 rings (SSSR count). The van der Waals surface area contributed by atoms with Gasteiger partial charge >= 0.3 is 0 Å². The normalized spacial score (nSPS) is 12.1. The zero-order valence-electron chi connectivity index (χ0n) is 21.2. The quantitative estimate of drug-likeness (QED) is 0.332. The molecule has 0 spiro atoms. The fourth-order valence-corrected chi connectivity index (χ4v) is 4.68. The second-order valence-electron chi connectivity index (χ2n) is 8.87. The maximum Gasteiger partial charge on any atom is 0.259 e. The van der Waals surface area contributed by atoms with E-state index in [1.807, 2.05) is 55.7 Å². The van der Waals surface area contributed by atoms with E-state index >= 15 is 4.39 Å². The Morgan fingerprint density at radius 2 is 1.73 bits per heavy atom.